The van der Waals surface area contributed by atoms with Gasteiger partial charge in [-0.05, 0) is 25.8 Å². The highest BCUT2D eigenvalue weighted by Crippen LogP contribution is 2.19. The van der Waals surface area contributed by atoms with Crippen LogP contribution >= 0.6 is 0 Å². The minimum Gasteiger partial charge on any atom is -0.335 e. The number of nitrogens with zero attached hydrogens (tertiary/aromatic N) is 1. The van der Waals surface area contributed by atoms with E-state index in [0.29, 0.717) is 25.9 Å². The van der Waals surface area contributed by atoms with E-state index in [-0.39, 0.29) is 23.5 Å². The van der Waals surface area contributed by atoms with Gasteiger partial charge in [-0.25, -0.2) is 8.42 Å². The Labute approximate surface area is 122 Å². The molecule has 1 rings (SSSR count). The van der Waals surface area contributed by atoms with Gasteiger partial charge in [-0.2, -0.15) is 0 Å². The molecule has 0 bridgehead atoms. The summed E-state index contributed by atoms with van der Waals surface area (Å²) in [4.78, 5) is 13.9. The van der Waals surface area contributed by atoms with E-state index in [1.54, 1.807) is 11.0 Å². The number of unbranched alkanes of at least 4 members (excludes halogenated alkanes) is 3. The Morgan fingerprint density at radius 1 is 1.30 bits per heavy atom. The van der Waals surface area contributed by atoms with E-state index in [0.717, 1.165) is 25.7 Å². The highest BCUT2D eigenvalue weighted by molar-refractivity contribution is 7.91. The van der Waals surface area contributed by atoms with Gasteiger partial charge < -0.3 is 10.6 Å². The molecule has 5 nitrogen and oxygen atoms in total. The third-order valence-corrected chi connectivity index (χ3v) is 5.39. The minimum atomic E-state index is -2.97. The van der Waals surface area contributed by atoms with Crippen LogP contribution in [0.3, 0.4) is 0 Å². The number of hydrogen-bond acceptors (Lipinski definition) is 4. The Morgan fingerprint density at radius 2 is 2.00 bits per heavy atom. The minimum absolute atomic E-state index is 0.0414. The molecule has 116 valence electrons. The van der Waals surface area contributed by atoms with Crippen LogP contribution in [-0.4, -0.2) is 49.9 Å². The standard InChI is InChI=1S/C14H26N2O3S/c1-2-10-16(13-8-11-20(18,19)12-13)14(17)7-5-3-4-6-9-15/h2,13H,1,3-12,15H2. The lowest BCUT2D eigenvalue weighted by atomic mass is 10.1. The Morgan fingerprint density at radius 3 is 2.55 bits per heavy atom. The summed E-state index contributed by atoms with van der Waals surface area (Å²) in [5, 5.41) is 0. The van der Waals surface area contributed by atoms with E-state index in [1.165, 1.54) is 0 Å². The summed E-state index contributed by atoms with van der Waals surface area (Å²) in [5.41, 5.74) is 5.42. The first-order valence-electron chi connectivity index (χ1n) is 7.31. The molecular weight excluding hydrogens is 276 g/mol. The molecule has 1 amide bonds. The molecule has 1 aliphatic rings. The first kappa shape index (κ1) is 17.2. The van der Waals surface area contributed by atoms with Crippen molar-refractivity contribution < 1.29 is 13.2 Å². The van der Waals surface area contributed by atoms with E-state index in [9.17, 15) is 13.2 Å². The largest absolute Gasteiger partial charge is 0.335 e. The molecule has 0 aromatic rings. The van der Waals surface area contributed by atoms with E-state index in [2.05, 4.69) is 6.58 Å². The first-order chi connectivity index (χ1) is 9.50. The fourth-order valence-electron chi connectivity index (χ4n) is 2.53. The quantitative estimate of drug-likeness (QED) is 0.511. The Balaban J connectivity index is 2.45. The number of carbonyl (C=O) groups is 1. The van der Waals surface area contributed by atoms with E-state index >= 15 is 0 Å². The fraction of sp³-hybridized carbons (Fsp3) is 0.786. The normalized spacial score (nSPS) is 20.8. The van der Waals surface area contributed by atoms with Crippen LogP contribution in [0.5, 0.6) is 0 Å². The summed E-state index contributed by atoms with van der Waals surface area (Å²) in [7, 11) is -2.97. The number of sulfone groups is 1. The van der Waals surface area contributed by atoms with Crippen molar-refractivity contribution in [2.45, 2.75) is 44.6 Å². The van der Waals surface area contributed by atoms with Crippen LogP contribution < -0.4 is 5.73 Å². The maximum Gasteiger partial charge on any atom is 0.223 e. The molecule has 1 fully saturated rings. The van der Waals surface area contributed by atoms with Crippen LogP contribution in [0.4, 0.5) is 0 Å². The Bertz CT molecular complexity index is 420. The second kappa shape index (κ2) is 8.42. The second-order valence-electron chi connectivity index (χ2n) is 5.34. The predicted molar refractivity (Wildman–Crippen MR) is 81.1 cm³/mol. The van der Waals surface area contributed by atoms with Gasteiger partial charge in [0.15, 0.2) is 9.84 Å². The number of nitrogens with two attached hydrogens (primary N) is 1. The zero-order chi connectivity index (χ0) is 15.0. The van der Waals surface area contributed by atoms with E-state index in [4.69, 9.17) is 5.73 Å². The average Bonchev–Trinajstić information content (AvgIpc) is 2.75. The number of hydrogen-bond donors (Lipinski definition) is 1. The van der Waals surface area contributed by atoms with Crippen molar-refractivity contribution in [1.29, 1.82) is 0 Å². The maximum absolute atomic E-state index is 12.2. The molecule has 0 radical (unpaired) electrons. The summed E-state index contributed by atoms with van der Waals surface area (Å²) < 4.78 is 23.1. The average molecular weight is 302 g/mol. The highest BCUT2D eigenvalue weighted by atomic mass is 32.2. The molecule has 1 atom stereocenters. The van der Waals surface area contributed by atoms with Crippen molar-refractivity contribution >= 4 is 15.7 Å². The third-order valence-electron chi connectivity index (χ3n) is 3.64. The van der Waals surface area contributed by atoms with Crippen molar-refractivity contribution in [3.8, 4) is 0 Å². The summed E-state index contributed by atoms with van der Waals surface area (Å²) in [6.07, 6.45) is 6.57. The van der Waals surface area contributed by atoms with Crippen molar-refractivity contribution in [3.05, 3.63) is 12.7 Å². The van der Waals surface area contributed by atoms with Gasteiger partial charge in [0.2, 0.25) is 5.91 Å². The molecule has 0 spiro atoms. The second-order valence-corrected chi connectivity index (χ2v) is 7.57. The van der Waals surface area contributed by atoms with Gasteiger partial charge in [0.25, 0.3) is 0 Å². The summed E-state index contributed by atoms with van der Waals surface area (Å²) in [6, 6.07) is -0.172. The van der Waals surface area contributed by atoms with Crippen molar-refractivity contribution in [2.24, 2.45) is 5.73 Å². The smallest absolute Gasteiger partial charge is 0.223 e. The predicted octanol–water partition coefficient (Wildman–Crippen LogP) is 1.10. The van der Waals surface area contributed by atoms with Crippen molar-refractivity contribution in [1.82, 2.24) is 4.90 Å². The lowest BCUT2D eigenvalue weighted by Crippen LogP contribution is -2.41. The van der Waals surface area contributed by atoms with Crippen LogP contribution in [0.1, 0.15) is 38.5 Å². The van der Waals surface area contributed by atoms with Crippen LogP contribution in [0.25, 0.3) is 0 Å². The molecule has 0 saturated carbocycles. The van der Waals surface area contributed by atoms with Gasteiger partial charge >= 0.3 is 0 Å². The van der Waals surface area contributed by atoms with Crippen LogP contribution in [0, 0.1) is 0 Å². The maximum atomic E-state index is 12.2. The number of amides is 1. The summed E-state index contributed by atoms with van der Waals surface area (Å²) in [6.45, 7) is 4.78. The number of rotatable bonds is 9. The van der Waals surface area contributed by atoms with E-state index in [1.807, 2.05) is 0 Å². The highest BCUT2D eigenvalue weighted by Gasteiger charge is 2.33. The van der Waals surface area contributed by atoms with Gasteiger partial charge in [-0.15, -0.1) is 6.58 Å². The molecule has 2 N–H and O–H groups in total. The molecular formula is C14H26N2O3S. The van der Waals surface area contributed by atoms with E-state index < -0.39 is 9.84 Å². The zero-order valence-corrected chi connectivity index (χ0v) is 12.9. The van der Waals surface area contributed by atoms with Gasteiger partial charge in [0, 0.05) is 19.0 Å². The molecule has 0 aliphatic carbocycles. The number of carbonyl (C=O) groups excluding carboxylic acids is 1. The van der Waals surface area contributed by atoms with Crippen LogP contribution in [0.15, 0.2) is 12.7 Å². The SMILES string of the molecule is C=CCN(C(=O)CCCCCCN)C1CCS(=O)(=O)C1. The van der Waals surface area contributed by atoms with Gasteiger partial charge in [-0.3, -0.25) is 4.79 Å². The zero-order valence-electron chi connectivity index (χ0n) is 12.1. The fourth-order valence-corrected chi connectivity index (χ4v) is 4.26. The van der Waals surface area contributed by atoms with Crippen LogP contribution in [-0.2, 0) is 14.6 Å². The Hall–Kier alpha value is -0.880. The molecule has 6 heteroatoms. The molecule has 1 unspecified atom stereocenters. The lowest BCUT2D eigenvalue weighted by Gasteiger charge is -2.27. The molecule has 20 heavy (non-hydrogen) atoms. The molecule has 0 aromatic heterocycles. The van der Waals surface area contributed by atoms with Crippen LogP contribution in [0.2, 0.25) is 0 Å². The van der Waals surface area contributed by atoms with Crippen molar-refractivity contribution in [2.75, 3.05) is 24.6 Å². The summed E-state index contributed by atoms with van der Waals surface area (Å²) >= 11 is 0. The third kappa shape index (κ3) is 5.63. The Kier molecular flexibility index (Phi) is 7.23. The topological polar surface area (TPSA) is 80.5 Å². The molecule has 0 aromatic carbocycles. The molecule has 1 heterocycles. The van der Waals surface area contributed by atoms with Gasteiger partial charge in [0.05, 0.1) is 11.5 Å². The monoisotopic (exact) mass is 302 g/mol. The summed E-state index contributed by atoms with van der Waals surface area (Å²) in [5.74, 6) is 0.328. The lowest BCUT2D eigenvalue weighted by molar-refractivity contribution is -0.132. The van der Waals surface area contributed by atoms with Gasteiger partial charge in [-0.1, -0.05) is 18.9 Å². The molecule has 1 aliphatic heterocycles. The first-order valence-corrected chi connectivity index (χ1v) is 9.13. The van der Waals surface area contributed by atoms with Crippen molar-refractivity contribution in [3.63, 3.8) is 0 Å². The molecule has 1 saturated heterocycles. The van der Waals surface area contributed by atoms with Gasteiger partial charge in [0.1, 0.15) is 0 Å².